The summed E-state index contributed by atoms with van der Waals surface area (Å²) in [5, 5.41) is 7.57. The van der Waals surface area contributed by atoms with Crippen LogP contribution in [0.3, 0.4) is 0 Å². The summed E-state index contributed by atoms with van der Waals surface area (Å²) in [6.07, 6.45) is 11.7. The zero-order valence-corrected chi connectivity index (χ0v) is 19.6. The number of fused-ring (bicyclic) bond motifs is 8. The Hall–Kier alpha value is -3.77. The van der Waals surface area contributed by atoms with E-state index < -0.39 is 0 Å². The second-order valence-electron chi connectivity index (χ2n) is 7.64. The van der Waals surface area contributed by atoms with Gasteiger partial charge in [0.05, 0.1) is 22.8 Å². The summed E-state index contributed by atoms with van der Waals surface area (Å²) in [5.41, 5.74) is 9.88. The largest absolute Gasteiger partial charge is 0.397 e. The molecule has 8 bridgehead atoms. The van der Waals surface area contributed by atoms with Crippen molar-refractivity contribution < 1.29 is 22.2 Å². The number of hydrogen-bond acceptors (Lipinski definition) is 4. The Labute approximate surface area is 207 Å². The molecule has 4 aromatic rings. The second-order valence-corrected chi connectivity index (χ2v) is 7.64. The zero-order valence-electron chi connectivity index (χ0n) is 18.5. The number of nitrogens with zero attached hydrogens (tertiary/aromatic N) is 3. The van der Waals surface area contributed by atoms with Crippen molar-refractivity contribution >= 4 is 46.4 Å². The number of hydrogen-bond donors (Lipinski definition) is 3. The Morgan fingerprint density at radius 1 is 0.676 bits per heavy atom. The van der Waals surface area contributed by atoms with E-state index in [-0.39, 0.29) is 23.7 Å². The van der Waals surface area contributed by atoms with Crippen molar-refractivity contribution in [2.24, 2.45) is 0 Å². The third kappa shape index (κ3) is 5.24. The fourth-order valence-electron chi connectivity index (χ4n) is 3.79. The van der Waals surface area contributed by atoms with Gasteiger partial charge in [-0.2, -0.15) is 0 Å². The molecule has 6 heterocycles. The van der Waals surface area contributed by atoms with Gasteiger partial charge < -0.3 is 15.1 Å². The number of aromatic nitrogens is 5. The van der Waals surface area contributed by atoms with Crippen molar-refractivity contribution in [3.63, 3.8) is 0 Å². The van der Waals surface area contributed by atoms with Crippen molar-refractivity contribution in [2.75, 3.05) is 6.61 Å². The maximum Gasteiger partial charge on any atom is 0.0658 e. The van der Waals surface area contributed by atoms with Crippen LogP contribution in [0.2, 0.25) is 0 Å². The number of H-pyrrole nitrogens is 2. The van der Waals surface area contributed by atoms with E-state index in [4.69, 9.17) is 15.1 Å². The van der Waals surface area contributed by atoms with Gasteiger partial charge in [-0.3, -0.25) is 4.98 Å². The summed E-state index contributed by atoms with van der Waals surface area (Å²) >= 11 is 0. The predicted octanol–water partition coefficient (Wildman–Crippen LogP) is 5.71. The first-order chi connectivity index (χ1) is 16.2. The van der Waals surface area contributed by atoms with E-state index in [1.807, 2.05) is 61.0 Å². The van der Waals surface area contributed by atoms with Gasteiger partial charge in [0.25, 0.3) is 0 Å². The number of aromatic amines is 2. The molecule has 6 nitrogen and oxygen atoms in total. The minimum absolute atomic E-state index is 0. The molecule has 0 spiro atoms. The van der Waals surface area contributed by atoms with E-state index in [1.165, 1.54) is 0 Å². The van der Waals surface area contributed by atoms with Crippen molar-refractivity contribution in [2.45, 2.75) is 6.92 Å². The number of nitrogens with one attached hydrogen (secondary N) is 2. The zero-order chi connectivity index (χ0) is 22.6. The summed E-state index contributed by atoms with van der Waals surface area (Å²) in [6, 6.07) is 18.5. The van der Waals surface area contributed by atoms with E-state index in [0.717, 1.165) is 56.0 Å². The third-order valence-electron chi connectivity index (χ3n) is 5.16. The van der Waals surface area contributed by atoms with Gasteiger partial charge in [0.2, 0.25) is 0 Å². The van der Waals surface area contributed by atoms with Gasteiger partial charge in [-0.1, -0.05) is 0 Å². The fraction of sp³-hybridized carbons (Fsp3) is 0.0741. The Bertz CT molecular complexity index is 1520. The van der Waals surface area contributed by atoms with Crippen LogP contribution < -0.4 is 0 Å². The minimum Gasteiger partial charge on any atom is -0.397 e. The van der Waals surface area contributed by atoms with Crippen LogP contribution in [0.1, 0.15) is 29.7 Å². The first-order valence-electron chi connectivity index (χ1n) is 10.8. The average Bonchev–Trinajstić information content (AvgIpc) is 3.60. The summed E-state index contributed by atoms with van der Waals surface area (Å²) in [5.74, 6) is 0. The molecule has 0 amide bonds. The standard InChI is InChI=1S/C25H17N5.C2H6O.Fe/c1-2-18-12-20-5-6-22(29-20)15-25-24(16-7-9-26-10-8-16)14-23(30-25)13-21-4-3-19(28-21)11-17(1)27-18;1-2-3;/h1-15,27,30H;3H,2H2,1H3;. The van der Waals surface area contributed by atoms with E-state index >= 15 is 0 Å². The average molecular weight is 489 g/mol. The quantitative estimate of drug-likeness (QED) is 0.258. The van der Waals surface area contributed by atoms with Crippen LogP contribution in [0, 0.1) is 0 Å². The molecular weight excluding hydrogens is 466 g/mol. The summed E-state index contributed by atoms with van der Waals surface area (Å²) in [6.45, 7) is 1.93. The predicted molar refractivity (Wildman–Crippen MR) is 135 cm³/mol. The van der Waals surface area contributed by atoms with Crippen molar-refractivity contribution in [1.29, 1.82) is 0 Å². The van der Waals surface area contributed by atoms with Crippen molar-refractivity contribution in [3.05, 3.63) is 89.8 Å². The van der Waals surface area contributed by atoms with E-state index in [2.05, 4.69) is 45.3 Å². The number of pyridine rings is 1. The monoisotopic (exact) mass is 489 g/mol. The van der Waals surface area contributed by atoms with Crippen molar-refractivity contribution in [1.82, 2.24) is 24.9 Å². The van der Waals surface area contributed by atoms with Gasteiger partial charge >= 0.3 is 0 Å². The number of aliphatic hydroxyl groups excluding tert-OH is 1. The molecule has 3 N–H and O–H groups in total. The van der Waals surface area contributed by atoms with Crippen LogP contribution in [-0.4, -0.2) is 36.6 Å². The van der Waals surface area contributed by atoms with Crippen LogP contribution in [0.5, 0.6) is 0 Å². The van der Waals surface area contributed by atoms with Crippen LogP contribution in [0.15, 0.2) is 67.0 Å². The molecule has 170 valence electrons. The topological polar surface area (TPSA) is 90.5 Å². The molecule has 4 aromatic heterocycles. The first-order valence-corrected chi connectivity index (χ1v) is 10.8. The molecule has 2 aliphatic rings. The Morgan fingerprint density at radius 2 is 1.18 bits per heavy atom. The second kappa shape index (κ2) is 10.4. The van der Waals surface area contributed by atoms with E-state index in [9.17, 15) is 0 Å². The molecular formula is C27H23FeN5O. The maximum atomic E-state index is 7.57. The van der Waals surface area contributed by atoms with Gasteiger partial charge in [-0.05, 0) is 91.4 Å². The molecule has 0 fully saturated rings. The molecule has 0 saturated heterocycles. The van der Waals surface area contributed by atoms with E-state index in [1.54, 1.807) is 6.92 Å². The number of rotatable bonds is 1. The molecule has 0 atom stereocenters. The van der Waals surface area contributed by atoms with E-state index in [0.29, 0.717) is 0 Å². The van der Waals surface area contributed by atoms with Crippen LogP contribution >= 0.6 is 0 Å². The van der Waals surface area contributed by atoms with Crippen LogP contribution in [0.4, 0.5) is 0 Å². The molecule has 2 aliphatic heterocycles. The number of aliphatic hydroxyl groups is 1. The fourth-order valence-corrected chi connectivity index (χ4v) is 3.79. The molecule has 34 heavy (non-hydrogen) atoms. The maximum absolute atomic E-state index is 7.57. The summed E-state index contributed by atoms with van der Waals surface area (Å²) in [7, 11) is 0. The van der Waals surface area contributed by atoms with Crippen molar-refractivity contribution in [3.8, 4) is 11.1 Å². The Kier molecular flexibility index (Phi) is 7.18. The normalized spacial score (nSPS) is 11.5. The molecule has 0 saturated carbocycles. The minimum atomic E-state index is 0. The van der Waals surface area contributed by atoms with Crippen LogP contribution in [-0.2, 0) is 17.1 Å². The van der Waals surface area contributed by atoms with Gasteiger partial charge in [-0.25, -0.2) is 9.97 Å². The summed E-state index contributed by atoms with van der Waals surface area (Å²) in [4.78, 5) is 20.6. The third-order valence-corrected chi connectivity index (χ3v) is 5.16. The molecule has 0 radical (unpaired) electrons. The smallest absolute Gasteiger partial charge is 0.0658 e. The van der Waals surface area contributed by atoms with Gasteiger partial charge in [-0.15, -0.1) is 0 Å². The van der Waals surface area contributed by atoms with Gasteiger partial charge in [0.15, 0.2) is 0 Å². The molecule has 0 aliphatic carbocycles. The SMILES string of the molecule is C1=Cc2cc3cc(-c4ccncc4)c(cc4nc(cc5ccc(cc1n2)[nH]5)C=C4)[nH]3.CCO.[Fe]. The first kappa shape index (κ1) is 23.4. The Morgan fingerprint density at radius 3 is 1.74 bits per heavy atom. The molecule has 0 unspecified atom stereocenters. The summed E-state index contributed by atoms with van der Waals surface area (Å²) < 4.78 is 0. The van der Waals surface area contributed by atoms with Crippen LogP contribution in [0.25, 0.3) is 57.5 Å². The van der Waals surface area contributed by atoms with Gasteiger partial charge in [0.1, 0.15) is 0 Å². The molecule has 7 heteroatoms. The molecule has 0 aromatic carbocycles. The van der Waals surface area contributed by atoms with Gasteiger partial charge in [0, 0.05) is 63.7 Å². The molecule has 6 rings (SSSR count). The Balaban J connectivity index is 0.000000652.